The van der Waals surface area contributed by atoms with Crippen LogP contribution in [0, 0.1) is 0 Å². The summed E-state index contributed by atoms with van der Waals surface area (Å²) in [6.45, 7) is 7.25. The van der Waals surface area contributed by atoms with Crippen molar-refractivity contribution < 1.29 is 19.1 Å². The molecule has 0 amide bonds. The largest absolute Gasteiger partial charge is 0.353 e. The molecule has 0 aromatic rings. The molecule has 0 fully saturated rings. The summed E-state index contributed by atoms with van der Waals surface area (Å²) in [6, 6.07) is 0. The van der Waals surface area contributed by atoms with Gasteiger partial charge >= 0.3 is 0 Å². The maximum atomic E-state index is 9.56. The standard InChI is InChI=1S/C6H14O2.C5H8O2/c1-4-7-6(3)8-5-2;6-4-2-1-3-5-7/h6H,4-5H2,1-3H3;4-5H,1-3H2. The molecule has 0 aromatic heterocycles. The van der Waals surface area contributed by atoms with Crippen LogP contribution in [0.15, 0.2) is 0 Å². The van der Waals surface area contributed by atoms with Gasteiger partial charge in [0.25, 0.3) is 0 Å². The minimum absolute atomic E-state index is 0.0370. The lowest BCUT2D eigenvalue weighted by atomic mass is 10.3. The van der Waals surface area contributed by atoms with Crippen LogP contribution in [0.1, 0.15) is 40.0 Å². The van der Waals surface area contributed by atoms with Crippen LogP contribution in [0.4, 0.5) is 0 Å². The monoisotopic (exact) mass is 218 g/mol. The first-order chi connectivity index (χ1) is 7.22. The van der Waals surface area contributed by atoms with Crippen molar-refractivity contribution in [2.45, 2.75) is 46.3 Å². The number of hydrogen-bond acceptors (Lipinski definition) is 4. The summed E-state index contributed by atoms with van der Waals surface area (Å²) < 4.78 is 10.1. The van der Waals surface area contributed by atoms with Gasteiger partial charge in [-0.3, -0.25) is 0 Å². The summed E-state index contributed by atoms with van der Waals surface area (Å²) in [5.74, 6) is 0. The molecule has 0 saturated carbocycles. The van der Waals surface area contributed by atoms with E-state index in [-0.39, 0.29) is 6.29 Å². The number of unbranched alkanes of at least 4 members (excludes halogenated alkanes) is 2. The van der Waals surface area contributed by atoms with Gasteiger partial charge < -0.3 is 19.1 Å². The second-order valence-corrected chi connectivity index (χ2v) is 2.74. The van der Waals surface area contributed by atoms with Gasteiger partial charge in [-0.05, 0) is 27.2 Å². The van der Waals surface area contributed by atoms with E-state index in [1.165, 1.54) is 0 Å². The fourth-order valence-corrected chi connectivity index (χ4v) is 0.802. The summed E-state index contributed by atoms with van der Waals surface area (Å²) in [5.41, 5.74) is 0. The first kappa shape index (κ1) is 16.7. The quantitative estimate of drug-likeness (QED) is 0.355. The molecule has 0 radical (unpaired) electrons. The van der Waals surface area contributed by atoms with E-state index >= 15 is 0 Å². The minimum Gasteiger partial charge on any atom is -0.353 e. The van der Waals surface area contributed by atoms with E-state index in [2.05, 4.69) is 0 Å². The van der Waals surface area contributed by atoms with Gasteiger partial charge in [-0.25, -0.2) is 0 Å². The SMILES string of the molecule is CCOC(C)OCC.O=CCCCC=O. The predicted octanol–water partition coefficient (Wildman–Crippen LogP) is 1.96. The fourth-order valence-electron chi connectivity index (χ4n) is 0.802. The molecule has 0 aliphatic heterocycles. The van der Waals surface area contributed by atoms with Gasteiger partial charge in [0.2, 0.25) is 0 Å². The van der Waals surface area contributed by atoms with Gasteiger partial charge in [0.1, 0.15) is 12.6 Å². The van der Waals surface area contributed by atoms with Crippen LogP contribution >= 0.6 is 0 Å². The van der Waals surface area contributed by atoms with Crippen molar-refractivity contribution in [2.75, 3.05) is 13.2 Å². The second kappa shape index (κ2) is 15.7. The molecule has 0 aliphatic rings. The van der Waals surface area contributed by atoms with Gasteiger partial charge in [-0.15, -0.1) is 0 Å². The molecular formula is C11H22O4. The Morgan fingerprint density at radius 3 is 1.67 bits per heavy atom. The van der Waals surface area contributed by atoms with Crippen LogP contribution < -0.4 is 0 Å². The summed E-state index contributed by atoms with van der Waals surface area (Å²) in [4.78, 5) is 19.1. The van der Waals surface area contributed by atoms with Crippen LogP contribution in [0.3, 0.4) is 0 Å². The molecule has 0 heterocycles. The molecule has 90 valence electrons. The molecule has 0 aromatic carbocycles. The Labute approximate surface area is 91.9 Å². The topological polar surface area (TPSA) is 52.6 Å². The highest BCUT2D eigenvalue weighted by Crippen LogP contribution is 1.90. The number of carbonyl (C=O) groups excluding carboxylic acids is 2. The molecule has 4 nitrogen and oxygen atoms in total. The first-order valence-corrected chi connectivity index (χ1v) is 5.33. The summed E-state index contributed by atoms with van der Waals surface area (Å²) in [5, 5.41) is 0. The fraction of sp³-hybridized carbons (Fsp3) is 0.818. The molecule has 15 heavy (non-hydrogen) atoms. The summed E-state index contributed by atoms with van der Waals surface area (Å²) in [6.07, 6.45) is 3.34. The second-order valence-electron chi connectivity index (χ2n) is 2.74. The Hall–Kier alpha value is -0.740. The lowest BCUT2D eigenvalue weighted by Gasteiger charge is -2.09. The molecular weight excluding hydrogens is 196 g/mol. The molecule has 0 spiro atoms. The van der Waals surface area contributed by atoms with Crippen molar-refractivity contribution in [3.05, 3.63) is 0 Å². The molecule has 0 saturated heterocycles. The zero-order valence-electron chi connectivity index (χ0n) is 9.90. The number of hydrogen-bond donors (Lipinski definition) is 0. The van der Waals surface area contributed by atoms with Crippen molar-refractivity contribution in [1.82, 2.24) is 0 Å². The van der Waals surface area contributed by atoms with E-state index in [0.29, 0.717) is 19.3 Å². The van der Waals surface area contributed by atoms with E-state index in [4.69, 9.17) is 9.47 Å². The van der Waals surface area contributed by atoms with Crippen LogP contribution in [0.25, 0.3) is 0 Å². The van der Waals surface area contributed by atoms with Gasteiger partial charge in [0, 0.05) is 26.1 Å². The third-order valence-electron chi connectivity index (χ3n) is 1.45. The normalized spacial score (nSPS) is 9.33. The molecule has 0 aliphatic carbocycles. The Kier molecular flexibility index (Phi) is 17.5. The molecule has 0 atom stereocenters. The molecule has 0 unspecified atom stereocenters. The van der Waals surface area contributed by atoms with Crippen LogP contribution in [0.2, 0.25) is 0 Å². The summed E-state index contributed by atoms with van der Waals surface area (Å²) in [7, 11) is 0. The number of rotatable bonds is 8. The highest BCUT2D eigenvalue weighted by atomic mass is 16.7. The van der Waals surface area contributed by atoms with Crippen molar-refractivity contribution in [2.24, 2.45) is 0 Å². The van der Waals surface area contributed by atoms with Crippen LogP contribution in [0.5, 0.6) is 0 Å². The van der Waals surface area contributed by atoms with Crippen molar-refractivity contribution in [3.8, 4) is 0 Å². The third kappa shape index (κ3) is 19.6. The molecule has 0 N–H and O–H groups in total. The van der Waals surface area contributed by atoms with Gasteiger partial charge in [-0.2, -0.15) is 0 Å². The first-order valence-electron chi connectivity index (χ1n) is 5.33. The predicted molar refractivity (Wildman–Crippen MR) is 58.7 cm³/mol. The number of aldehydes is 2. The summed E-state index contributed by atoms with van der Waals surface area (Å²) >= 11 is 0. The van der Waals surface area contributed by atoms with Gasteiger partial charge in [-0.1, -0.05) is 0 Å². The number of carbonyl (C=O) groups is 2. The smallest absolute Gasteiger partial charge is 0.154 e. The molecule has 0 rings (SSSR count). The highest BCUT2D eigenvalue weighted by molar-refractivity contribution is 5.52. The van der Waals surface area contributed by atoms with E-state index in [9.17, 15) is 9.59 Å². The maximum absolute atomic E-state index is 9.56. The lowest BCUT2D eigenvalue weighted by molar-refractivity contribution is -0.123. The van der Waals surface area contributed by atoms with E-state index in [1.54, 1.807) is 0 Å². The van der Waals surface area contributed by atoms with Crippen molar-refractivity contribution in [1.29, 1.82) is 0 Å². The lowest BCUT2D eigenvalue weighted by Crippen LogP contribution is -2.11. The molecule has 0 bridgehead atoms. The average Bonchev–Trinajstić information content (AvgIpc) is 2.20. The number of ether oxygens (including phenoxy) is 2. The van der Waals surface area contributed by atoms with Crippen molar-refractivity contribution >= 4 is 12.6 Å². The van der Waals surface area contributed by atoms with Gasteiger partial charge in [0.05, 0.1) is 0 Å². The van der Waals surface area contributed by atoms with Crippen LogP contribution in [-0.4, -0.2) is 32.1 Å². The Bertz CT molecular complexity index is 123. The highest BCUT2D eigenvalue weighted by Gasteiger charge is 1.94. The Balaban J connectivity index is 0. The zero-order valence-corrected chi connectivity index (χ0v) is 9.90. The van der Waals surface area contributed by atoms with E-state index < -0.39 is 0 Å². The van der Waals surface area contributed by atoms with Gasteiger partial charge in [0.15, 0.2) is 6.29 Å². The Morgan fingerprint density at radius 1 is 1.00 bits per heavy atom. The minimum atomic E-state index is -0.0370. The Morgan fingerprint density at radius 2 is 1.40 bits per heavy atom. The molecule has 4 heteroatoms. The van der Waals surface area contributed by atoms with E-state index in [1.807, 2.05) is 20.8 Å². The van der Waals surface area contributed by atoms with E-state index in [0.717, 1.165) is 25.8 Å². The van der Waals surface area contributed by atoms with Crippen LogP contribution in [-0.2, 0) is 19.1 Å². The average molecular weight is 218 g/mol. The zero-order chi connectivity index (χ0) is 11.9. The third-order valence-corrected chi connectivity index (χ3v) is 1.45. The van der Waals surface area contributed by atoms with Crippen molar-refractivity contribution in [3.63, 3.8) is 0 Å². The maximum Gasteiger partial charge on any atom is 0.154 e.